The van der Waals surface area contributed by atoms with Gasteiger partial charge in [0.2, 0.25) is 0 Å². The van der Waals surface area contributed by atoms with Crippen molar-refractivity contribution < 1.29 is 18.6 Å². The average molecular weight is 414 g/mol. The van der Waals surface area contributed by atoms with Crippen molar-refractivity contribution in [2.75, 3.05) is 21.3 Å². The van der Waals surface area contributed by atoms with Crippen LogP contribution in [-0.4, -0.2) is 21.3 Å². The number of methoxy groups -OCH3 is 3. The Labute approximate surface area is 180 Å². The zero-order valence-corrected chi connectivity index (χ0v) is 17.5. The van der Waals surface area contributed by atoms with E-state index >= 15 is 0 Å². The van der Waals surface area contributed by atoms with Crippen LogP contribution in [0, 0.1) is 0 Å². The highest BCUT2D eigenvalue weighted by Gasteiger charge is 2.08. The summed E-state index contributed by atoms with van der Waals surface area (Å²) in [6.07, 6.45) is 3.97. The first-order valence-corrected chi connectivity index (χ1v) is 9.73. The van der Waals surface area contributed by atoms with Crippen LogP contribution in [0.3, 0.4) is 0 Å². The third-order valence-corrected chi connectivity index (χ3v) is 5.00. The summed E-state index contributed by atoms with van der Waals surface area (Å²) < 4.78 is 21.4. The predicted octanol–water partition coefficient (Wildman–Crippen LogP) is 5.66. The van der Waals surface area contributed by atoms with Crippen LogP contribution in [0.1, 0.15) is 11.1 Å². The fraction of sp³-hybridized carbons (Fsp3) is 0.115. The zero-order valence-electron chi connectivity index (χ0n) is 17.5. The van der Waals surface area contributed by atoms with Gasteiger partial charge in [0, 0.05) is 11.5 Å². The van der Waals surface area contributed by atoms with Gasteiger partial charge in [0.15, 0.2) is 0 Å². The molecule has 0 atom stereocenters. The molecular formula is C26H22O5. The van der Waals surface area contributed by atoms with Crippen LogP contribution in [0.25, 0.3) is 34.2 Å². The summed E-state index contributed by atoms with van der Waals surface area (Å²) in [5, 5.41) is 0.843. The molecule has 0 aliphatic rings. The van der Waals surface area contributed by atoms with Gasteiger partial charge in [0.1, 0.15) is 22.8 Å². The largest absolute Gasteiger partial charge is 0.497 e. The van der Waals surface area contributed by atoms with Gasteiger partial charge in [0.05, 0.1) is 26.9 Å². The minimum Gasteiger partial charge on any atom is -0.497 e. The first-order valence-electron chi connectivity index (χ1n) is 9.73. The maximum absolute atomic E-state index is 12.5. The molecule has 5 nitrogen and oxygen atoms in total. The van der Waals surface area contributed by atoms with Crippen molar-refractivity contribution in [1.82, 2.24) is 0 Å². The highest BCUT2D eigenvalue weighted by molar-refractivity contribution is 5.85. The normalized spacial score (nSPS) is 11.1. The first kappa shape index (κ1) is 20.3. The lowest BCUT2D eigenvalue weighted by atomic mass is 10.0. The number of benzene rings is 3. The Kier molecular flexibility index (Phi) is 5.76. The van der Waals surface area contributed by atoms with E-state index in [0.717, 1.165) is 39.3 Å². The minimum absolute atomic E-state index is 0.371. The molecule has 156 valence electrons. The maximum atomic E-state index is 12.5. The number of ether oxygens (including phenoxy) is 3. The molecule has 0 saturated heterocycles. The number of rotatable bonds is 6. The topological polar surface area (TPSA) is 57.9 Å². The average Bonchev–Trinajstić information content (AvgIpc) is 2.82. The van der Waals surface area contributed by atoms with Crippen LogP contribution in [0.4, 0.5) is 0 Å². The van der Waals surface area contributed by atoms with Crippen LogP contribution in [-0.2, 0) is 0 Å². The fourth-order valence-corrected chi connectivity index (χ4v) is 3.34. The molecule has 4 rings (SSSR count). The Morgan fingerprint density at radius 1 is 0.677 bits per heavy atom. The third-order valence-electron chi connectivity index (χ3n) is 5.00. The molecule has 1 aromatic heterocycles. The smallest absolute Gasteiger partial charge is 0.344 e. The summed E-state index contributed by atoms with van der Waals surface area (Å²) in [6.45, 7) is 0. The Hall–Kier alpha value is -3.99. The van der Waals surface area contributed by atoms with Gasteiger partial charge >= 0.3 is 5.63 Å². The van der Waals surface area contributed by atoms with Gasteiger partial charge in [-0.1, -0.05) is 30.4 Å². The lowest BCUT2D eigenvalue weighted by Crippen LogP contribution is -2.02. The fourth-order valence-electron chi connectivity index (χ4n) is 3.34. The SMILES string of the molecule is COc1ccc(-c2cc3cc(/C=C/c4cc(OC)cc(OC)c4)ccc3oc2=O)cc1. The maximum Gasteiger partial charge on any atom is 0.344 e. The van der Waals surface area contributed by atoms with E-state index in [1.165, 1.54) is 0 Å². The van der Waals surface area contributed by atoms with Gasteiger partial charge in [-0.2, -0.15) is 0 Å². The summed E-state index contributed by atoms with van der Waals surface area (Å²) >= 11 is 0. The van der Waals surface area contributed by atoms with Crippen molar-refractivity contribution >= 4 is 23.1 Å². The molecule has 0 fully saturated rings. The van der Waals surface area contributed by atoms with Crippen LogP contribution in [0.5, 0.6) is 17.2 Å². The van der Waals surface area contributed by atoms with Gasteiger partial charge in [0.25, 0.3) is 0 Å². The number of hydrogen-bond donors (Lipinski definition) is 0. The second-order valence-corrected chi connectivity index (χ2v) is 6.95. The molecule has 5 heteroatoms. The second kappa shape index (κ2) is 8.79. The molecule has 0 aliphatic heterocycles. The summed E-state index contributed by atoms with van der Waals surface area (Å²) in [4.78, 5) is 12.5. The molecule has 0 unspecified atom stereocenters. The Morgan fingerprint density at radius 3 is 1.97 bits per heavy atom. The van der Waals surface area contributed by atoms with Crippen molar-refractivity contribution in [1.29, 1.82) is 0 Å². The summed E-state index contributed by atoms with van der Waals surface area (Å²) in [5.74, 6) is 2.18. The molecule has 0 radical (unpaired) electrons. The molecule has 3 aromatic carbocycles. The monoisotopic (exact) mass is 414 g/mol. The van der Waals surface area contributed by atoms with Gasteiger partial charge < -0.3 is 18.6 Å². The third kappa shape index (κ3) is 4.46. The Morgan fingerprint density at radius 2 is 1.32 bits per heavy atom. The quantitative estimate of drug-likeness (QED) is 0.301. The number of hydrogen-bond acceptors (Lipinski definition) is 5. The van der Waals surface area contributed by atoms with Crippen molar-refractivity contribution in [3.63, 3.8) is 0 Å². The Bertz CT molecular complexity index is 1280. The second-order valence-electron chi connectivity index (χ2n) is 6.95. The molecule has 1 heterocycles. The lowest BCUT2D eigenvalue weighted by Gasteiger charge is -2.06. The molecule has 0 N–H and O–H groups in total. The van der Waals surface area contributed by atoms with E-state index in [2.05, 4.69) is 0 Å². The van der Waals surface area contributed by atoms with Crippen LogP contribution in [0.15, 0.2) is 75.9 Å². The van der Waals surface area contributed by atoms with Crippen LogP contribution < -0.4 is 19.8 Å². The van der Waals surface area contributed by atoms with Gasteiger partial charge in [-0.3, -0.25) is 0 Å². The predicted molar refractivity (Wildman–Crippen MR) is 123 cm³/mol. The molecule has 0 bridgehead atoms. The van der Waals surface area contributed by atoms with Crippen LogP contribution in [0.2, 0.25) is 0 Å². The van der Waals surface area contributed by atoms with E-state index in [9.17, 15) is 4.79 Å². The molecule has 4 aromatic rings. The standard InChI is InChI=1S/C26H22O5/c1-28-21-9-7-19(8-10-21)24-15-20-12-17(6-11-25(20)31-26(24)27)4-5-18-13-22(29-2)16-23(14-18)30-3/h4-16H,1-3H3/b5-4+. The van der Waals surface area contributed by atoms with Crippen molar-refractivity contribution in [2.45, 2.75) is 0 Å². The van der Waals surface area contributed by atoms with E-state index < -0.39 is 0 Å². The van der Waals surface area contributed by atoms with Gasteiger partial charge in [-0.15, -0.1) is 0 Å². The minimum atomic E-state index is -0.371. The van der Waals surface area contributed by atoms with Crippen LogP contribution >= 0.6 is 0 Å². The van der Waals surface area contributed by atoms with Crippen molar-refractivity contribution in [3.05, 3.63) is 88.3 Å². The molecule has 31 heavy (non-hydrogen) atoms. The lowest BCUT2D eigenvalue weighted by molar-refractivity contribution is 0.394. The van der Waals surface area contributed by atoms with Gasteiger partial charge in [-0.05, 0) is 59.2 Å². The van der Waals surface area contributed by atoms with Crippen molar-refractivity contribution in [3.8, 4) is 28.4 Å². The Balaban J connectivity index is 1.69. The molecule has 0 spiro atoms. The van der Waals surface area contributed by atoms with Crippen molar-refractivity contribution in [2.24, 2.45) is 0 Å². The molecular weight excluding hydrogens is 392 g/mol. The molecule has 0 saturated carbocycles. The summed E-state index contributed by atoms with van der Waals surface area (Å²) in [6, 6.07) is 20.6. The van der Waals surface area contributed by atoms with E-state index in [4.69, 9.17) is 18.6 Å². The van der Waals surface area contributed by atoms with E-state index in [1.807, 2.05) is 72.8 Å². The van der Waals surface area contributed by atoms with E-state index in [1.54, 1.807) is 27.4 Å². The zero-order chi connectivity index (χ0) is 21.8. The molecule has 0 amide bonds. The molecule has 0 aliphatic carbocycles. The first-order chi connectivity index (χ1) is 15.1. The number of fused-ring (bicyclic) bond motifs is 1. The summed E-state index contributed by atoms with van der Waals surface area (Å²) in [5.41, 5.74) is 3.39. The summed E-state index contributed by atoms with van der Waals surface area (Å²) in [7, 11) is 4.86. The van der Waals surface area contributed by atoms with E-state index in [-0.39, 0.29) is 5.63 Å². The van der Waals surface area contributed by atoms with E-state index in [0.29, 0.717) is 11.1 Å². The highest BCUT2D eigenvalue weighted by atomic mass is 16.5. The highest BCUT2D eigenvalue weighted by Crippen LogP contribution is 2.26. The van der Waals surface area contributed by atoms with Gasteiger partial charge in [-0.25, -0.2) is 4.79 Å².